The average Bonchev–Trinajstić information content (AvgIpc) is 2.73. The van der Waals surface area contributed by atoms with E-state index in [2.05, 4.69) is 5.32 Å². The number of carbonyl (C=O) groups excluding carboxylic acids is 3. The maximum atomic E-state index is 12.5. The van der Waals surface area contributed by atoms with Gasteiger partial charge in [-0.15, -0.1) is 0 Å². The fourth-order valence-electron chi connectivity index (χ4n) is 4.22. The fraction of sp³-hybridized carbons (Fsp3) is 0.609. The minimum absolute atomic E-state index is 0.0166. The number of nitrogens with one attached hydrogen (secondary N) is 1. The Morgan fingerprint density at radius 2 is 1.57 bits per heavy atom. The Labute approximate surface area is 167 Å². The van der Waals surface area contributed by atoms with E-state index < -0.39 is 0 Å². The summed E-state index contributed by atoms with van der Waals surface area (Å²) in [6.45, 7) is 3.30. The average molecular weight is 385 g/mol. The highest BCUT2D eigenvalue weighted by Crippen LogP contribution is 2.24. The van der Waals surface area contributed by atoms with Crippen molar-refractivity contribution in [2.24, 2.45) is 5.92 Å². The van der Waals surface area contributed by atoms with Gasteiger partial charge in [-0.2, -0.15) is 0 Å². The summed E-state index contributed by atoms with van der Waals surface area (Å²) >= 11 is 0. The Kier molecular flexibility index (Phi) is 7.24. The van der Waals surface area contributed by atoms with Crippen LogP contribution in [0.2, 0.25) is 0 Å². The van der Waals surface area contributed by atoms with Crippen molar-refractivity contribution in [1.82, 2.24) is 10.2 Å². The molecule has 1 aliphatic carbocycles. The van der Waals surface area contributed by atoms with Crippen molar-refractivity contribution in [2.75, 3.05) is 13.1 Å². The van der Waals surface area contributed by atoms with Crippen LogP contribution in [0.3, 0.4) is 0 Å². The van der Waals surface area contributed by atoms with E-state index in [1.54, 1.807) is 0 Å². The molecule has 5 heteroatoms. The van der Waals surface area contributed by atoms with E-state index in [1.807, 2.05) is 36.1 Å². The lowest BCUT2D eigenvalue weighted by Gasteiger charge is -2.33. The highest BCUT2D eigenvalue weighted by atomic mass is 16.2. The molecular weight excluding hydrogens is 352 g/mol. The van der Waals surface area contributed by atoms with E-state index >= 15 is 0 Å². The fourth-order valence-corrected chi connectivity index (χ4v) is 4.22. The van der Waals surface area contributed by atoms with Gasteiger partial charge in [-0.3, -0.25) is 14.4 Å². The van der Waals surface area contributed by atoms with Gasteiger partial charge in [0.2, 0.25) is 11.8 Å². The van der Waals surface area contributed by atoms with Gasteiger partial charge < -0.3 is 10.2 Å². The topological polar surface area (TPSA) is 66.5 Å². The number of piperidine rings is 1. The summed E-state index contributed by atoms with van der Waals surface area (Å²) in [6.07, 6.45) is 7.70. The van der Waals surface area contributed by atoms with Crippen molar-refractivity contribution in [3.8, 4) is 0 Å². The second-order valence-electron chi connectivity index (χ2n) is 8.29. The third-order valence-corrected chi connectivity index (χ3v) is 6.11. The number of ketones is 1. The van der Waals surface area contributed by atoms with Gasteiger partial charge in [-0.05, 0) is 32.6 Å². The molecular formula is C23H32N2O3. The molecule has 0 unspecified atom stereocenters. The zero-order valence-electron chi connectivity index (χ0n) is 16.9. The van der Waals surface area contributed by atoms with Crippen molar-refractivity contribution in [2.45, 2.75) is 70.8 Å². The summed E-state index contributed by atoms with van der Waals surface area (Å²) < 4.78 is 0. The molecule has 2 fully saturated rings. The Bertz CT molecular complexity index is 684. The van der Waals surface area contributed by atoms with E-state index in [9.17, 15) is 14.4 Å². The minimum atomic E-state index is 0.0166. The first-order chi connectivity index (χ1) is 13.5. The summed E-state index contributed by atoms with van der Waals surface area (Å²) in [4.78, 5) is 38.9. The van der Waals surface area contributed by atoms with Gasteiger partial charge in [0.15, 0.2) is 5.78 Å². The van der Waals surface area contributed by atoms with E-state index in [1.165, 1.54) is 6.42 Å². The van der Waals surface area contributed by atoms with Crippen LogP contribution in [0.15, 0.2) is 24.3 Å². The molecule has 3 rings (SSSR count). The van der Waals surface area contributed by atoms with Crippen LogP contribution in [-0.4, -0.2) is 41.6 Å². The monoisotopic (exact) mass is 384 g/mol. The van der Waals surface area contributed by atoms with Crippen LogP contribution in [0.4, 0.5) is 0 Å². The number of carbonyl (C=O) groups is 3. The molecule has 152 valence electrons. The standard InChI is InChI=1S/C23H32N2O3/c1-17-7-9-18(10-8-17)21(26)11-12-22(27)25-15-13-20(14-16-25)24-23(28)19-5-3-2-4-6-19/h7-10,19-20H,2-6,11-16H2,1H3,(H,24,28). The number of rotatable bonds is 6. The minimum Gasteiger partial charge on any atom is -0.353 e. The second-order valence-corrected chi connectivity index (χ2v) is 8.29. The zero-order valence-corrected chi connectivity index (χ0v) is 16.9. The first-order valence-corrected chi connectivity index (χ1v) is 10.7. The number of nitrogens with zero attached hydrogens (tertiary/aromatic N) is 1. The van der Waals surface area contributed by atoms with Crippen molar-refractivity contribution < 1.29 is 14.4 Å². The van der Waals surface area contributed by atoms with E-state index in [0.29, 0.717) is 18.7 Å². The summed E-state index contributed by atoms with van der Waals surface area (Å²) in [5, 5.41) is 3.19. The molecule has 2 amide bonds. The highest BCUT2D eigenvalue weighted by molar-refractivity contribution is 5.98. The van der Waals surface area contributed by atoms with Gasteiger partial charge in [0.05, 0.1) is 0 Å². The molecule has 0 radical (unpaired) electrons. The summed E-state index contributed by atoms with van der Waals surface area (Å²) in [5.74, 6) is 0.440. The van der Waals surface area contributed by atoms with Crippen molar-refractivity contribution in [1.29, 1.82) is 0 Å². The van der Waals surface area contributed by atoms with Crippen molar-refractivity contribution in [3.63, 3.8) is 0 Å². The maximum absolute atomic E-state index is 12.5. The molecule has 1 saturated heterocycles. The van der Waals surface area contributed by atoms with Gasteiger partial charge in [0.1, 0.15) is 0 Å². The molecule has 1 N–H and O–H groups in total. The van der Waals surface area contributed by atoms with Crippen LogP contribution in [0, 0.1) is 12.8 Å². The van der Waals surface area contributed by atoms with Gasteiger partial charge in [0, 0.05) is 43.5 Å². The lowest BCUT2D eigenvalue weighted by Crippen LogP contribution is -2.48. The number of likely N-dealkylation sites (tertiary alicyclic amines) is 1. The van der Waals surface area contributed by atoms with Gasteiger partial charge in [0.25, 0.3) is 0 Å². The van der Waals surface area contributed by atoms with Crippen molar-refractivity contribution in [3.05, 3.63) is 35.4 Å². The van der Waals surface area contributed by atoms with E-state index in [0.717, 1.165) is 44.1 Å². The lowest BCUT2D eigenvalue weighted by molar-refractivity contribution is -0.132. The summed E-state index contributed by atoms with van der Waals surface area (Å²) in [5.41, 5.74) is 1.79. The van der Waals surface area contributed by atoms with Crippen LogP contribution in [0.25, 0.3) is 0 Å². The normalized spacial score (nSPS) is 18.7. The number of benzene rings is 1. The van der Waals surface area contributed by atoms with Crippen LogP contribution >= 0.6 is 0 Å². The van der Waals surface area contributed by atoms with Crippen LogP contribution in [0.1, 0.15) is 73.7 Å². The third-order valence-electron chi connectivity index (χ3n) is 6.11. The van der Waals surface area contributed by atoms with Crippen LogP contribution < -0.4 is 5.32 Å². The first-order valence-electron chi connectivity index (χ1n) is 10.7. The third kappa shape index (κ3) is 5.66. The number of hydrogen-bond acceptors (Lipinski definition) is 3. The molecule has 0 aromatic heterocycles. The first kappa shape index (κ1) is 20.6. The molecule has 28 heavy (non-hydrogen) atoms. The van der Waals surface area contributed by atoms with E-state index in [4.69, 9.17) is 0 Å². The molecule has 0 spiro atoms. The van der Waals surface area contributed by atoms with E-state index in [-0.39, 0.29) is 42.4 Å². The quantitative estimate of drug-likeness (QED) is 0.762. The smallest absolute Gasteiger partial charge is 0.223 e. The van der Waals surface area contributed by atoms with Gasteiger partial charge >= 0.3 is 0 Å². The Morgan fingerprint density at radius 1 is 0.929 bits per heavy atom. The van der Waals surface area contributed by atoms with Crippen molar-refractivity contribution >= 4 is 17.6 Å². The Balaban J connectivity index is 1.38. The number of Topliss-reactive ketones (excluding diaryl/α,β-unsaturated/α-hetero) is 1. The van der Waals surface area contributed by atoms with Gasteiger partial charge in [-0.1, -0.05) is 49.1 Å². The summed E-state index contributed by atoms with van der Waals surface area (Å²) in [7, 11) is 0. The number of aryl methyl sites for hydroxylation is 1. The molecule has 1 aromatic carbocycles. The molecule has 5 nitrogen and oxygen atoms in total. The molecule has 0 atom stereocenters. The zero-order chi connectivity index (χ0) is 19.9. The molecule has 1 aliphatic heterocycles. The lowest BCUT2D eigenvalue weighted by atomic mass is 9.88. The molecule has 1 heterocycles. The molecule has 1 aromatic rings. The maximum Gasteiger partial charge on any atom is 0.223 e. The Morgan fingerprint density at radius 3 is 2.21 bits per heavy atom. The SMILES string of the molecule is Cc1ccc(C(=O)CCC(=O)N2CCC(NC(=O)C3CCCCC3)CC2)cc1. The predicted octanol–water partition coefficient (Wildman–Crippen LogP) is 3.65. The van der Waals surface area contributed by atoms with Crippen LogP contribution in [-0.2, 0) is 9.59 Å². The predicted molar refractivity (Wildman–Crippen MR) is 109 cm³/mol. The summed E-state index contributed by atoms with van der Waals surface area (Å²) in [6, 6.07) is 7.65. The molecule has 0 bridgehead atoms. The van der Waals surface area contributed by atoms with Gasteiger partial charge in [-0.25, -0.2) is 0 Å². The molecule has 2 aliphatic rings. The van der Waals surface area contributed by atoms with Crippen LogP contribution in [0.5, 0.6) is 0 Å². The largest absolute Gasteiger partial charge is 0.353 e. The molecule has 1 saturated carbocycles. The number of hydrogen-bond donors (Lipinski definition) is 1. The number of amides is 2. The highest BCUT2D eigenvalue weighted by Gasteiger charge is 2.27. The second kappa shape index (κ2) is 9.85. The Hall–Kier alpha value is -2.17.